The zero-order valence-electron chi connectivity index (χ0n) is 7.96. The number of halogens is 2. The third-order valence-corrected chi connectivity index (χ3v) is 2.66. The van der Waals surface area contributed by atoms with Gasteiger partial charge >= 0.3 is 0 Å². The first-order valence-corrected chi connectivity index (χ1v) is 5.07. The fraction of sp³-hybridized carbons (Fsp3) is 0. The molecule has 1 aromatic carbocycles. The predicted octanol–water partition coefficient (Wildman–Crippen LogP) is 2.70. The number of benzene rings is 1. The number of hydrazine groups is 1. The highest BCUT2D eigenvalue weighted by molar-refractivity contribution is 6.38. The van der Waals surface area contributed by atoms with Gasteiger partial charge in [0.2, 0.25) is 0 Å². The second-order valence-electron chi connectivity index (χ2n) is 3.09. The molecule has 16 heavy (non-hydrogen) atoms. The van der Waals surface area contributed by atoms with Crippen molar-refractivity contribution >= 4 is 39.8 Å². The van der Waals surface area contributed by atoms with E-state index in [2.05, 4.69) is 10.4 Å². The molecule has 4 nitrogen and oxygen atoms in total. The average molecular weight is 253 g/mol. The Kier molecular flexibility index (Phi) is 2.84. The van der Waals surface area contributed by atoms with Crippen LogP contribution >= 0.6 is 23.2 Å². The molecular formula is C10H6Cl2N4. The SMILES string of the molecule is N#Cc1cnc2c(Cl)cc(Cl)cc2c1NN. The molecule has 0 aliphatic rings. The summed E-state index contributed by atoms with van der Waals surface area (Å²) in [5.41, 5.74) is 3.83. The van der Waals surface area contributed by atoms with Crippen molar-refractivity contribution in [3.05, 3.63) is 33.9 Å². The molecule has 2 aromatic rings. The highest BCUT2D eigenvalue weighted by Crippen LogP contribution is 2.32. The molecule has 6 heteroatoms. The summed E-state index contributed by atoms with van der Waals surface area (Å²) >= 11 is 11.9. The van der Waals surface area contributed by atoms with Gasteiger partial charge in [0.1, 0.15) is 6.07 Å². The Morgan fingerprint density at radius 1 is 1.38 bits per heavy atom. The zero-order valence-corrected chi connectivity index (χ0v) is 9.47. The van der Waals surface area contributed by atoms with Crippen molar-refractivity contribution in [2.45, 2.75) is 0 Å². The number of fused-ring (bicyclic) bond motifs is 1. The van der Waals surface area contributed by atoms with Gasteiger partial charge in [0.05, 0.1) is 21.8 Å². The van der Waals surface area contributed by atoms with Crippen molar-refractivity contribution in [1.82, 2.24) is 4.98 Å². The highest BCUT2D eigenvalue weighted by Gasteiger charge is 2.10. The number of pyridine rings is 1. The number of nitriles is 1. The molecule has 1 heterocycles. The Labute approximate surface area is 102 Å². The maximum absolute atomic E-state index is 8.90. The highest BCUT2D eigenvalue weighted by atomic mass is 35.5. The molecule has 0 bridgehead atoms. The van der Waals surface area contributed by atoms with E-state index in [1.165, 1.54) is 6.20 Å². The molecule has 0 saturated carbocycles. The van der Waals surface area contributed by atoms with Gasteiger partial charge in [0, 0.05) is 16.6 Å². The van der Waals surface area contributed by atoms with E-state index in [1.807, 2.05) is 6.07 Å². The lowest BCUT2D eigenvalue weighted by Gasteiger charge is -2.08. The van der Waals surface area contributed by atoms with Crippen LogP contribution in [0.15, 0.2) is 18.3 Å². The largest absolute Gasteiger partial charge is 0.322 e. The number of hydrogen-bond donors (Lipinski definition) is 2. The lowest BCUT2D eigenvalue weighted by atomic mass is 10.1. The van der Waals surface area contributed by atoms with E-state index in [9.17, 15) is 0 Å². The summed E-state index contributed by atoms with van der Waals surface area (Å²) in [7, 11) is 0. The average Bonchev–Trinajstić information content (AvgIpc) is 2.27. The molecule has 3 N–H and O–H groups in total. The van der Waals surface area contributed by atoms with Gasteiger partial charge in [-0.25, -0.2) is 0 Å². The van der Waals surface area contributed by atoms with Crippen molar-refractivity contribution in [2.24, 2.45) is 5.84 Å². The first-order valence-electron chi connectivity index (χ1n) is 4.32. The van der Waals surface area contributed by atoms with Gasteiger partial charge < -0.3 is 5.43 Å². The number of aromatic nitrogens is 1. The van der Waals surface area contributed by atoms with Crippen molar-refractivity contribution in [3.8, 4) is 6.07 Å². The Morgan fingerprint density at radius 2 is 2.12 bits per heavy atom. The Hall–Kier alpha value is -1.54. The predicted molar refractivity (Wildman–Crippen MR) is 64.3 cm³/mol. The molecule has 2 rings (SSSR count). The fourth-order valence-corrected chi connectivity index (χ4v) is 2.01. The van der Waals surface area contributed by atoms with Crippen molar-refractivity contribution in [3.63, 3.8) is 0 Å². The fourth-order valence-electron chi connectivity index (χ4n) is 1.47. The van der Waals surface area contributed by atoms with E-state index in [4.69, 9.17) is 34.3 Å². The van der Waals surface area contributed by atoms with Crippen LogP contribution in [-0.2, 0) is 0 Å². The quantitative estimate of drug-likeness (QED) is 0.605. The molecule has 0 radical (unpaired) electrons. The summed E-state index contributed by atoms with van der Waals surface area (Å²) < 4.78 is 0. The molecule has 0 amide bonds. The lowest BCUT2D eigenvalue weighted by molar-refractivity contribution is 1.31. The Morgan fingerprint density at radius 3 is 2.75 bits per heavy atom. The zero-order chi connectivity index (χ0) is 11.7. The molecule has 1 aromatic heterocycles. The van der Waals surface area contributed by atoms with Gasteiger partial charge in [0.25, 0.3) is 0 Å². The Balaban J connectivity index is 2.93. The Bertz CT molecular complexity index is 604. The van der Waals surface area contributed by atoms with Crippen molar-refractivity contribution in [2.75, 3.05) is 5.43 Å². The van der Waals surface area contributed by atoms with Crippen LogP contribution in [0.4, 0.5) is 5.69 Å². The number of nitrogens with zero attached hydrogens (tertiary/aromatic N) is 2. The van der Waals surface area contributed by atoms with Gasteiger partial charge in [0.15, 0.2) is 0 Å². The second-order valence-corrected chi connectivity index (χ2v) is 3.93. The normalized spacial score (nSPS) is 10.1. The minimum Gasteiger partial charge on any atom is -0.322 e. The van der Waals surface area contributed by atoms with Crippen LogP contribution in [0.25, 0.3) is 10.9 Å². The van der Waals surface area contributed by atoms with Crippen molar-refractivity contribution in [1.29, 1.82) is 5.26 Å². The van der Waals surface area contributed by atoms with Gasteiger partial charge in [-0.05, 0) is 12.1 Å². The smallest absolute Gasteiger partial charge is 0.103 e. The molecule has 80 valence electrons. The van der Waals surface area contributed by atoms with Crippen LogP contribution in [0.3, 0.4) is 0 Å². The summed E-state index contributed by atoms with van der Waals surface area (Å²) in [6.45, 7) is 0. The molecular weight excluding hydrogens is 247 g/mol. The maximum atomic E-state index is 8.90. The number of hydrogen-bond acceptors (Lipinski definition) is 4. The number of nitrogen functional groups attached to an aromatic ring is 1. The monoisotopic (exact) mass is 252 g/mol. The van der Waals surface area contributed by atoms with Crippen LogP contribution in [0.5, 0.6) is 0 Å². The van der Waals surface area contributed by atoms with E-state index in [0.29, 0.717) is 32.2 Å². The second kappa shape index (κ2) is 4.14. The molecule has 0 saturated heterocycles. The van der Waals surface area contributed by atoms with Gasteiger partial charge in [-0.15, -0.1) is 0 Å². The number of rotatable bonds is 1. The van der Waals surface area contributed by atoms with Crippen molar-refractivity contribution < 1.29 is 0 Å². The molecule has 0 fully saturated rings. The molecule has 0 unspecified atom stereocenters. The first-order chi connectivity index (χ1) is 7.67. The van der Waals surface area contributed by atoms with Crippen LogP contribution < -0.4 is 11.3 Å². The minimum absolute atomic E-state index is 0.341. The van der Waals surface area contributed by atoms with E-state index in [1.54, 1.807) is 12.1 Å². The summed E-state index contributed by atoms with van der Waals surface area (Å²) in [6.07, 6.45) is 1.41. The number of nitrogens with one attached hydrogen (secondary N) is 1. The summed E-state index contributed by atoms with van der Waals surface area (Å²) in [5, 5.41) is 10.4. The van der Waals surface area contributed by atoms with Crippen LogP contribution in [0.1, 0.15) is 5.56 Å². The maximum Gasteiger partial charge on any atom is 0.103 e. The van der Waals surface area contributed by atoms with Gasteiger partial charge in [-0.3, -0.25) is 10.8 Å². The van der Waals surface area contributed by atoms with Crippen LogP contribution in [0, 0.1) is 11.3 Å². The lowest BCUT2D eigenvalue weighted by Crippen LogP contribution is -2.09. The third-order valence-electron chi connectivity index (χ3n) is 2.15. The molecule has 0 aliphatic carbocycles. The van der Waals surface area contributed by atoms with Crippen LogP contribution in [0.2, 0.25) is 10.0 Å². The summed E-state index contributed by atoms with van der Waals surface area (Å²) in [4.78, 5) is 4.09. The summed E-state index contributed by atoms with van der Waals surface area (Å²) in [5.74, 6) is 5.38. The minimum atomic E-state index is 0.341. The first kappa shape index (κ1) is 11.0. The van der Waals surface area contributed by atoms with Crippen LogP contribution in [-0.4, -0.2) is 4.98 Å². The van der Waals surface area contributed by atoms with E-state index in [0.717, 1.165) is 0 Å². The number of nitrogens with two attached hydrogens (primary N) is 1. The standard InChI is InChI=1S/C10H6Cl2N4/c11-6-1-7-9(16-14)5(3-13)4-15-10(7)8(12)2-6/h1-2,4H,14H2,(H,15,16). The molecule has 0 aliphatic heterocycles. The third kappa shape index (κ3) is 1.65. The molecule has 0 spiro atoms. The van der Waals surface area contributed by atoms with E-state index in [-0.39, 0.29) is 0 Å². The summed E-state index contributed by atoms with van der Waals surface area (Å²) in [6, 6.07) is 5.23. The van der Waals surface area contributed by atoms with E-state index >= 15 is 0 Å². The van der Waals surface area contributed by atoms with E-state index < -0.39 is 0 Å². The number of anilines is 1. The topological polar surface area (TPSA) is 74.7 Å². The van der Waals surface area contributed by atoms with Gasteiger partial charge in [-0.1, -0.05) is 23.2 Å². The molecule has 0 atom stereocenters. The van der Waals surface area contributed by atoms with Gasteiger partial charge in [-0.2, -0.15) is 5.26 Å².